The van der Waals surface area contributed by atoms with E-state index in [4.69, 9.17) is 9.47 Å². The van der Waals surface area contributed by atoms with Gasteiger partial charge in [-0.05, 0) is 55.3 Å². The molecule has 1 saturated heterocycles. The van der Waals surface area contributed by atoms with Crippen molar-refractivity contribution < 1.29 is 22.7 Å². The van der Waals surface area contributed by atoms with Crippen LogP contribution < -0.4 is 14.8 Å². The summed E-state index contributed by atoms with van der Waals surface area (Å²) in [6, 6.07) is 12.3. The third-order valence-corrected chi connectivity index (χ3v) is 7.62. The molecular formula is C23H29N3O5S. The normalized spacial score (nSPS) is 16.3. The third kappa shape index (κ3) is 5.23. The summed E-state index contributed by atoms with van der Waals surface area (Å²) in [6.07, 6.45) is 2.82. The molecule has 0 bridgehead atoms. The van der Waals surface area contributed by atoms with Crippen molar-refractivity contribution >= 4 is 21.6 Å². The van der Waals surface area contributed by atoms with Gasteiger partial charge in [0.05, 0.1) is 11.4 Å². The number of anilines is 1. The molecule has 32 heavy (non-hydrogen) atoms. The van der Waals surface area contributed by atoms with Crippen LogP contribution in [0.4, 0.5) is 5.69 Å². The largest absolute Gasteiger partial charge is 0.454 e. The van der Waals surface area contributed by atoms with Gasteiger partial charge in [-0.3, -0.25) is 9.69 Å². The van der Waals surface area contributed by atoms with Gasteiger partial charge in [0.1, 0.15) is 0 Å². The molecule has 1 amide bonds. The zero-order chi connectivity index (χ0) is 22.6. The van der Waals surface area contributed by atoms with E-state index in [-0.39, 0.29) is 24.1 Å². The van der Waals surface area contributed by atoms with Crippen LogP contribution in [0.5, 0.6) is 11.5 Å². The van der Waals surface area contributed by atoms with Crippen molar-refractivity contribution in [2.45, 2.75) is 37.6 Å². The predicted octanol–water partition coefficient (Wildman–Crippen LogP) is 3.05. The number of ether oxygens (including phenoxy) is 2. The van der Waals surface area contributed by atoms with Gasteiger partial charge in [-0.2, -0.15) is 4.31 Å². The second-order valence-corrected chi connectivity index (χ2v) is 9.97. The second kappa shape index (κ2) is 9.89. The third-order valence-electron chi connectivity index (χ3n) is 5.73. The molecule has 4 rings (SSSR count). The van der Waals surface area contributed by atoms with Gasteiger partial charge in [0.15, 0.2) is 11.5 Å². The molecular weight excluding hydrogens is 430 g/mol. The van der Waals surface area contributed by atoms with E-state index in [1.165, 1.54) is 10.4 Å². The maximum Gasteiger partial charge on any atom is 0.243 e. The Hall–Kier alpha value is -2.62. The Balaban J connectivity index is 1.38. The van der Waals surface area contributed by atoms with E-state index in [0.717, 1.165) is 36.3 Å². The Morgan fingerprint density at radius 2 is 1.84 bits per heavy atom. The van der Waals surface area contributed by atoms with Gasteiger partial charge in [0, 0.05) is 25.3 Å². The second-order valence-electron chi connectivity index (χ2n) is 8.03. The van der Waals surface area contributed by atoms with Crippen molar-refractivity contribution in [3.8, 4) is 11.5 Å². The fraction of sp³-hybridized carbons (Fsp3) is 0.435. The molecule has 0 atom stereocenters. The van der Waals surface area contributed by atoms with Crippen molar-refractivity contribution in [2.24, 2.45) is 0 Å². The van der Waals surface area contributed by atoms with Crippen molar-refractivity contribution in [2.75, 3.05) is 38.3 Å². The minimum absolute atomic E-state index is 0.189. The molecule has 0 spiro atoms. The lowest BCUT2D eigenvalue weighted by Crippen LogP contribution is -2.35. The van der Waals surface area contributed by atoms with Crippen LogP contribution in [-0.4, -0.2) is 56.5 Å². The predicted molar refractivity (Wildman–Crippen MR) is 121 cm³/mol. The molecule has 2 aromatic carbocycles. The Labute approximate surface area is 189 Å². The number of nitrogens with one attached hydrogen (secondary N) is 1. The fourth-order valence-electron chi connectivity index (χ4n) is 3.97. The van der Waals surface area contributed by atoms with Gasteiger partial charge >= 0.3 is 0 Å². The number of hydrogen-bond donors (Lipinski definition) is 1. The maximum absolute atomic E-state index is 12.9. The Morgan fingerprint density at radius 1 is 1.06 bits per heavy atom. The SMILES string of the molecule is CCN(CC(=O)Nc1cccc(S(=O)(=O)N2CCCCC2)c1)Cc1ccc2c(c1)OCO2. The van der Waals surface area contributed by atoms with Gasteiger partial charge in [-0.25, -0.2) is 8.42 Å². The highest BCUT2D eigenvalue weighted by molar-refractivity contribution is 7.89. The zero-order valence-corrected chi connectivity index (χ0v) is 19.1. The summed E-state index contributed by atoms with van der Waals surface area (Å²) in [5.74, 6) is 1.25. The molecule has 0 aliphatic carbocycles. The number of benzene rings is 2. The highest BCUT2D eigenvalue weighted by atomic mass is 32.2. The monoisotopic (exact) mass is 459 g/mol. The average Bonchev–Trinajstić information content (AvgIpc) is 3.27. The number of piperidine rings is 1. The minimum Gasteiger partial charge on any atom is -0.454 e. The number of amides is 1. The van der Waals surface area contributed by atoms with Gasteiger partial charge in [-0.15, -0.1) is 0 Å². The zero-order valence-electron chi connectivity index (χ0n) is 18.2. The lowest BCUT2D eigenvalue weighted by atomic mass is 10.2. The molecule has 0 unspecified atom stereocenters. The van der Waals surface area contributed by atoms with E-state index in [2.05, 4.69) is 5.32 Å². The number of rotatable bonds is 8. The number of fused-ring (bicyclic) bond motifs is 1. The first-order valence-corrected chi connectivity index (χ1v) is 12.4. The minimum atomic E-state index is -3.54. The number of nitrogens with zero attached hydrogens (tertiary/aromatic N) is 2. The first-order valence-electron chi connectivity index (χ1n) is 11.0. The summed E-state index contributed by atoms with van der Waals surface area (Å²) < 4.78 is 38.1. The highest BCUT2D eigenvalue weighted by Gasteiger charge is 2.26. The first-order chi connectivity index (χ1) is 15.5. The van der Waals surface area contributed by atoms with Crippen LogP contribution in [-0.2, 0) is 21.4 Å². The maximum atomic E-state index is 12.9. The van der Waals surface area contributed by atoms with Crippen LogP contribution >= 0.6 is 0 Å². The summed E-state index contributed by atoms with van der Waals surface area (Å²) in [5.41, 5.74) is 1.51. The molecule has 2 aliphatic rings. The number of carbonyl (C=O) groups excluding carboxylic acids is 1. The van der Waals surface area contributed by atoms with E-state index in [9.17, 15) is 13.2 Å². The average molecular weight is 460 g/mol. The quantitative estimate of drug-likeness (QED) is 0.653. The van der Waals surface area contributed by atoms with Crippen molar-refractivity contribution in [1.82, 2.24) is 9.21 Å². The van der Waals surface area contributed by atoms with Crippen LogP contribution in [0, 0.1) is 0 Å². The molecule has 172 valence electrons. The summed E-state index contributed by atoms with van der Waals surface area (Å²) in [7, 11) is -3.54. The summed E-state index contributed by atoms with van der Waals surface area (Å²) in [4.78, 5) is 14.9. The molecule has 2 aliphatic heterocycles. The molecule has 1 N–H and O–H groups in total. The Morgan fingerprint density at radius 3 is 2.62 bits per heavy atom. The van der Waals surface area contributed by atoms with Gasteiger partial charge in [0.2, 0.25) is 22.7 Å². The molecule has 1 fully saturated rings. The molecule has 2 heterocycles. The van der Waals surface area contributed by atoms with Crippen LogP contribution in [0.25, 0.3) is 0 Å². The lowest BCUT2D eigenvalue weighted by Gasteiger charge is -2.26. The molecule has 8 nitrogen and oxygen atoms in total. The van der Waals surface area contributed by atoms with Gasteiger partial charge < -0.3 is 14.8 Å². The van der Waals surface area contributed by atoms with Crippen LogP contribution in [0.2, 0.25) is 0 Å². The Kier molecular flexibility index (Phi) is 6.98. The van der Waals surface area contributed by atoms with E-state index in [0.29, 0.717) is 31.9 Å². The van der Waals surface area contributed by atoms with Gasteiger partial charge in [-0.1, -0.05) is 25.5 Å². The summed E-state index contributed by atoms with van der Waals surface area (Å²) in [6.45, 7) is 4.77. The molecule has 2 aromatic rings. The smallest absolute Gasteiger partial charge is 0.243 e. The number of likely N-dealkylation sites (N-methyl/N-ethyl adjacent to an activating group) is 1. The lowest BCUT2D eigenvalue weighted by molar-refractivity contribution is -0.117. The fourth-order valence-corrected chi connectivity index (χ4v) is 5.53. The summed E-state index contributed by atoms with van der Waals surface area (Å²) >= 11 is 0. The number of sulfonamides is 1. The van der Waals surface area contributed by atoms with Crippen LogP contribution in [0.1, 0.15) is 31.7 Å². The molecule has 0 aromatic heterocycles. The van der Waals surface area contributed by atoms with Crippen LogP contribution in [0.15, 0.2) is 47.4 Å². The van der Waals surface area contributed by atoms with E-state index < -0.39 is 10.0 Å². The number of hydrogen-bond acceptors (Lipinski definition) is 6. The Bertz CT molecular complexity index is 1070. The van der Waals surface area contributed by atoms with Crippen molar-refractivity contribution in [1.29, 1.82) is 0 Å². The highest BCUT2D eigenvalue weighted by Crippen LogP contribution is 2.32. The standard InChI is InChI=1S/C23H29N3O5S/c1-2-25(15-18-9-10-21-22(13-18)31-17-30-21)16-23(27)24-19-7-6-8-20(14-19)32(28,29)26-11-4-3-5-12-26/h6-10,13-14H,2-5,11-12,15-17H2,1H3,(H,24,27). The molecule has 0 radical (unpaired) electrons. The molecule has 0 saturated carbocycles. The van der Waals surface area contributed by atoms with E-state index in [1.54, 1.807) is 18.2 Å². The van der Waals surface area contributed by atoms with E-state index >= 15 is 0 Å². The van der Waals surface area contributed by atoms with E-state index in [1.807, 2.05) is 30.0 Å². The van der Waals surface area contributed by atoms with Gasteiger partial charge in [0.25, 0.3) is 0 Å². The topological polar surface area (TPSA) is 88.2 Å². The van der Waals surface area contributed by atoms with Crippen LogP contribution in [0.3, 0.4) is 0 Å². The van der Waals surface area contributed by atoms with Crippen molar-refractivity contribution in [3.63, 3.8) is 0 Å². The molecule has 9 heteroatoms. The summed E-state index contributed by atoms with van der Waals surface area (Å²) in [5, 5.41) is 2.84. The number of carbonyl (C=O) groups is 1. The van der Waals surface area contributed by atoms with Crippen molar-refractivity contribution in [3.05, 3.63) is 48.0 Å². The first kappa shape index (κ1) is 22.6.